The number of rotatable bonds is 2. The summed E-state index contributed by atoms with van der Waals surface area (Å²) in [6.45, 7) is 0.492. The van der Waals surface area contributed by atoms with E-state index in [0.29, 0.717) is 17.8 Å². The van der Waals surface area contributed by atoms with Crippen LogP contribution in [0.4, 0.5) is 10.1 Å². The second kappa shape index (κ2) is 4.70. The Morgan fingerprint density at radius 2 is 1.95 bits per heavy atom. The van der Waals surface area contributed by atoms with Crippen LogP contribution in [0.5, 0.6) is 0 Å². The van der Waals surface area contributed by atoms with Gasteiger partial charge < -0.3 is 10.3 Å². The summed E-state index contributed by atoms with van der Waals surface area (Å²) in [6.07, 6.45) is 1.95. The van der Waals surface area contributed by atoms with Crippen molar-refractivity contribution in [2.45, 2.75) is 6.54 Å². The Balaban J connectivity index is 2.03. The molecule has 2 aromatic carbocycles. The van der Waals surface area contributed by atoms with Gasteiger partial charge in [0.2, 0.25) is 0 Å². The third-order valence-electron chi connectivity index (χ3n) is 3.15. The number of nitrogens with zero attached hydrogens (tertiary/aromatic N) is 1. The van der Waals surface area contributed by atoms with Crippen LogP contribution < -0.4 is 5.73 Å². The van der Waals surface area contributed by atoms with E-state index in [-0.39, 0.29) is 5.82 Å². The summed E-state index contributed by atoms with van der Waals surface area (Å²) in [6, 6.07) is 12.9. The molecule has 19 heavy (non-hydrogen) atoms. The Bertz CT molecular complexity index is 749. The van der Waals surface area contributed by atoms with Gasteiger partial charge in [-0.2, -0.15) is 0 Å². The molecule has 0 radical (unpaired) electrons. The molecular weight excluding hydrogens is 307 g/mol. The van der Waals surface area contributed by atoms with E-state index < -0.39 is 0 Å². The topological polar surface area (TPSA) is 30.9 Å². The highest BCUT2D eigenvalue weighted by Gasteiger charge is 2.06. The highest BCUT2D eigenvalue weighted by atomic mass is 79.9. The number of hydrogen-bond acceptors (Lipinski definition) is 1. The third-order valence-corrected chi connectivity index (χ3v) is 3.65. The van der Waals surface area contributed by atoms with E-state index in [9.17, 15) is 4.39 Å². The van der Waals surface area contributed by atoms with Gasteiger partial charge in [-0.05, 0) is 35.7 Å². The van der Waals surface area contributed by atoms with Crippen molar-refractivity contribution in [2.24, 2.45) is 0 Å². The fourth-order valence-electron chi connectivity index (χ4n) is 2.17. The highest BCUT2D eigenvalue weighted by Crippen LogP contribution is 2.22. The highest BCUT2D eigenvalue weighted by molar-refractivity contribution is 9.10. The van der Waals surface area contributed by atoms with Gasteiger partial charge in [-0.15, -0.1) is 0 Å². The van der Waals surface area contributed by atoms with Crippen LogP contribution in [0.2, 0.25) is 0 Å². The van der Waals surface area contributed by atoms with Crippen LogP contribution in [0.3, 0.4) is 0 Å². The quantitative estimate of drug-likeness (QED) is 0.706. The lowest BCUT2D eigenvalue weighted by Gasteiger charge is -2.07. The van der Waals surface area contributed by atoms with Gasteiger partial charge in [0.1, 0.15) is 5.82 Å². The lowest BCUT2D eigenvalue weighted by Crippen LogP contribution is -2.00. The Labute approximate surface area is 118 Å². The van der Waals surface area contributed by atoms with Crippen LogP contribution >= 0.6 is 15.9 Å². The summed E-state index contributed by atoms with van der Waals surface area (Å²) < 4.78 is 16.6. The lowest BCUT2D eigenvalue weighted by atomic mass is 10.2. The molecule has 3 aromatic rings. The number of nitrogen functional groups attached to an aromatic ring is 1. The Kier molecular flexibility index (Phi) is 3.03. The molecule has 0 aliphatic rings. The summed E-state index contributed by atoms with van der Waals surface area (Å²) in [5, 5.41) is 1.10. The average Bonchev–Trinajstić information content (AvgIpc) is 2.75. The smallest absolute Gasteiger partial charge is 0.129 e. The summed E-state index contributed by atoms with van der Waals surface area (Å²) in [5.41, 5.74) is 8.18. The van der Waals surface area contributed by atoms with Gasteiger partial charge in [-0.3, -0.25) is 0 Å². The number of fused-ring (bicyclic) bond motifs is 1. The first-order valence-corrected chi connectivity index (χ1v) is 6.71. The van der Waals surface area contributed by atoms with E-state index in [4.69, 9.17) is 5.73 Å². The lowest BCUT2D eigenvalue weighted by molar-refractivity contribution is 0.601. The standard InChI is InChI=1S/C15H12BrFN2/c16-12-3-1-11(14(17)7-12)9-19-6-5-10-2-4-13(18)8-15(10)19/h1-8H,9,18H2. The molecule has 96 valence electrons. The molecule has 0 atom stereocenters. The zero-order chi connectivity index (χ0) is 13.4. The van der Waals surface area contributed by atoms with E-state index in [2.05, 4.69) is 15.9 Å². The van der Waals surface area contributed by atoms with Gasteiger partial charge in [0, 0.05) is 21.9 Å². The van der Waals surface area contributed by atoms with Crippen molar-refractivity contribution in [3.63, 3.8) is 0 Å². The van der Waals surface area contributed by atoms with Crippen molar-refractivity contribution >= 4 is 32.5 Å². The number of benzene rings is 2. The Morgan fingerprint density at radius 1 is 1.11 bits per heavy atom. The summed E-state index contributed by atoms with van der Waals surface area (Å²) in [4.78, 5) is 0. The van der Waals surface area contributed by atoms with Gasteiger partial charge >= 0.3 is 0 Å². The summed E-state index contributed by atoms with van der Waals surface area (Å²) >= 11 is 3.26. The van der Waals surface area contributed by atoms with E-state index in [0.717, 1.165) is 15.4 Å². The molecule has 2 nitrogen and oxygen atoms in total. The summed E-state index contributed by atoms with van der Waals surface area (Å²) in [5.74, 6) is -0.208. The van der Waals surface area contributed by atoms with Gasteiger partial charge in [0.15, 0.2) is 0 Å². The van der Waals surface area contributed by atoms with Gasteiger partial charge in [-0.1, -0.05) is 28.1 Å². The largest absolute Gasteiger partial charge is 0.399 e. The number of anilines is 1. The van der Waals surface area contributed by atoms with Crippen LogP contribution in [0, 0.1) is 5.82 Å². The van der Waals surface area contributed by atoms with Gasteiger partial charge in [0.25, 0.3) is 0 Å². The van der Waals surface area contributed by atoms with Crippen molar-refractivity contribution in [2.75, 3.05) is 5.73 Å². The molecule has 0 aliphatic carbocycles. The number of nitrogens with two attached hydrogens (primary N) is 1. The van der Waals surface area contributed by atoms with Crippen molar-refractivity contribution < 1.29 is 4.39 Å². The number of halogens is 2. The minimum Gasteiger partial charge on any atom is -0.399 e. The predicted molar refractivity (Wildman–Crippen MR) is 79.6 cm³/mol. The molecule has 4 heteroatoms. The molecule has 0 saturated heterocycles. The number of aromatic nitrogens is 1. The molecule has 1 heterocycles. The molecular formula is C15H12BrFN2. The van der Waals surface area contributed by atoms with E-state index in [1.165, 1.54) is 6.07 Å². The SMILES string of the molecule is Nc1ccc2ccn(Cc3ccc(Br)cc3F)c2c1. The van der Waals surface area contributed by atoms with Gasteiger partial charge in [0.05, 0.1) is 12.1 Å². The van der Waals surface area contributed by atoms with E-state index in [1.807, 2.05) is 41.1 Å². The van der Waals surface area contributed by atoms with Crippen molar-refractivity contribution in [1.82, 2.24) is 4.57 Å². The fraction of sp³-hybridized carbons (Fsp3) is 0.0667. The minimum absolute atomic E-state index is 0.208. The molecule has 2 N–H and O–H groups in total. The molecule has 0 saturated carbocycles. The second-order valence-corrected chi connectivity index (χ2v) is 5.41. The first-order chi connectivity index (χ1) is 9.13. The maximum absolute atomic E-state index is 13.9. The second-order valence-electron chi connectivity index (χ2n) is 4.50. The average molecular weight is 319 g/mol. The van der Waals surface area contributed by atoms with Crippen LogP contribution in [-0.2, 0) is 6.54 Å². The maximum atomic E-state index is 13.9. The molecule has 0 amide bonds. The van der Waals surface area contributed by atoms with Crippen LogP contribution in [-0.4, -0.2) is 4.57 Å². The zero-order valence-corrected chi connectivity index (χ0v) is 11.7. The Hall–Kier alpha value is -1.81. The molecule has 0 spiro atoms. The molecule has 0 bridgehead atoms. The fourth-order valence-corrected chi connectivity index (χ4v) is 2.51. The molecule has 0 unspecified atom stereocenters. The first-order valence-electron chi connectivity index (χ1n) is 5.92. The van der Waals surface area contributed by atoms with Crippen molar-refractivity contribution in [3.05, 3.63) is 64.5 Å². The van der Waals surface area contributed by atoms with E-state index >= 15 is 0 Å². The van der Waals surface area contributed by atoms with Crippen molar-refractivity contribution in [3.8, 4) is 0 Å². The van der Waals surface area contributed by atoms with Crippen LogP contribution in [0.25, 0.3) is 10.9 Å². The molecule has 0 aliphatic heterocycles. The predicted octanol–water partition coefficient (Wildman–Crippen LogP) is 4.17. The first kappa shape index (κ1) is 12.2. The van der Waals surface area contributed by atoms with Crippen LogP contribution in [0.1, 0.15) is 5.56 Å². The normalized spacial score (nSPS) is 11.1. The third kappa shape index (κ3) is 2.36. The Morgan fingerprint density at radius 3 is 2.74 bits per heavy atom. The van der Waals surface area contributed by atoms with E-state index in [1.54, 1.807) is 6.07 Å². The number of hydrogen-bond donors (Lipinski definition) is 1. The molecule has 3 rings (SSSR count). The maximum Gasteiger partial charge on any atom is 0.129 e. The molecule has 0 fully saturated rings. The van der Waals surface area contributed by atoms with Gasteiger partial charge in [-0.25, -0.2) is 4.39 Å². The molecule has 1 aromatic heterocycles. The van der Waals surface area contributed by atoms with Crippen LogP contribution in [0.15, 0.2) is 53.1 Å². The monoisotopic (exact) mass is 318 g/mol. The summed E-state index contributed by atoms with van der Waals surface area (Å²) in [7, 11) is 0. The minimum atomic E-state index is -0.208. The van der Waals surface area contributed by atoms with Crippen molar-refractivity contribution in [1.29, 1.82) is 0 Å². The zero-order valence-electron chi connectivity index (χ0n) is 10.1.